The Balaban J connectivity index is 1.08. The summed E-state index contributed by atoms with van der Waals surface area (Å²) < 4.78 is 9.57. The van der Waals surface area contributed by atoms with Gasteiger partial charge in [0.2, 0.25) is 0 Å². The van der Waals surface area contributed by atoms with Crippen LogP contribution in [-0.4, -0.2) is 16.2 Å². The van der Waals surface area contributed by atoms with Crippen LogP contribution in [0.2, 0.25) is 0 Å². The first-order chi connectivity index (χ1) is 36.6. The van der Waals surface area contributed by atoms with E-state index in [1.165, 1.54) is 67.0 Å². The van der Waals surface area contributed by atoms with Crippen molar-refractivity contribution in [3.05, 3.63) is 239 Å². The van der Waals surface area contributed by atoms with Gasteiger partial charge in [0.1, 0.15) is 24.0 Å². The molecule has 0 spiro atoms. The van der Waals surface area contributed by atoms with E-state index >= 15 is 0 Å². The number of nitrogens with zero attached hydrogens (tertiary/aromatic N) is 4. The van der Waals surface area contributed by atoms with E-state index in [-0.39, 0.29) is 27.1 Å². The molecule has 0 radical (unpaired) electrons. The van der Waals surface area contributed by atoms with Crippen molar-refractivity contribution in [3.8, 4) is 28.4 Å². The molecule has 5 heteroatoms. The number of aromatic nitrogens is 2. The molecule has 1 aliphatic rings. The SMILES string of the molecule is CC(C)(C)c1cc(-c2ccccc2)cc(N2CN(c3cc(Oc4ccc5c6ccccc6n(-c6cc(C(C)(C)c7ccccc7)ccn6)c5c4)cc(C(C)(C)c4ccccc4)c3)c3cc(C(C)(C)C)c(C(C)(C)C)cc32)c1. The molecule has 0 fully saturated rings. The number of hydrogen-bond donors (Lipinski definition) is 0. The van der Waals surface area contributed by atoms with E-state index in [1.807, 2.05) is 6.20 Å². The maximum Gasteiger partial charge on any atom is 0.137 e. The highest BCUT2D eigenvalue weighted by Gasteiger charge is 2.36. The van der Waals surface area contributed by atoms with Gasteiger partial charge >= 0.3 is 0 Å². The third-order valence-corrected chi connectivity index (χ3v) is 16.3. The van der Waals surface area contributed by atoms with Crippen molar-refractivity contribution in [2.24, 2.45) is 0 Å². The standard InChI is InChI=1S/C72H74N4O/c1-68(2,3)53-37-49(48-25-17-14-18-26-48)38-55(39-53)74-47-75(66-46-62(70(7,8)9)61(45-65(66)74)69(4,5)6)56-40-54(72(12,13)51-29-21-16-22-30-51)41-58(43-56)77-57-33-34-60-59-31-23-24-32-63(59)76(64(60)44-57)67-42-52(35-36-73-67)71(10,11)50-27-19-15-20-28-50/h14-46H,47H2,1-13H3. The molecule has 1 aliphatic heterocycles. The molecule has 0 unspecified atom stereocenters. The van der Waals surface area contributed by atoms with Gasteiger partial charge in [-0.15, -0.1) is 0 Å². The Kier molecular flexibility index (Phi) is 12.6. The molecule has 0 N–H and O–H groups in total. The Morgan fingerprint density at radius 1 is 0.377 bits per heavy atom. The van der Waals surface area contributed by atoms with Crippen molar-refractivity contribution in [3.63, 3.8) is 0 Å². The second kappa shape index (κ2) is 19.0. The average molecular weight is 1010 g/mol. The summed E-state index contributed by atoms with van der Waals surface area (Å²) in [6.45, 7) is 30.9. The molecule has 3 heterocycles. The third-order valence-electron chi connectivity index (χ3n) is 16.3. The number of pyridine rings is 1. The summed E-state index contributed by atoms with van der Waals surface area (Å²) in [7, 11) is 0. The van der Waals surface area contributed by atoms with Crippen LogP contribution >= 0.6 is 0 Å². The lowest BCUT2D eigenvalue weighted by atomic mass is 9.74. The van der Waals surface area contributed by atoms with Gasteiger partial charge in [-0.2, -0.15) is 0 Å². The minimum Gasteiger partial charge on any atom is -0.457 e. The molecule has 10 aromatic rings. The van der Waals surface area contributed by atoms with Gasteiger partial charge in [0.25, 0.3) is 0 Å². The van der Waals surface area contributed by atoms with E-state index in [1.54, 1.807) is 0 Å². The van der Waals surface area contributed by atoms with Crippen LogP contribution in [0.1, 0.15) is 129 Å². The molecule has 77 heavy (non-hydrogen) atoms. The molecular weight excluding hydrogens is 937 g/mol. The Morgan fingerprint density at radius 3 is 1.51 bits per heavy atom. The number of fused-ring (bicyclic) bond motifs is 4. The highest BCUT2D eigenvalue weighted by atomic mass is 16.5. The summed E-state index contributed by atoms with van der Waals surface area (Å²) in [6.07, 6.45) is 1.95. The van der Waals surface area contributed by atoms with Gasteiger partial charge in [-0.3, -0.25) is 4.57 Å². The lowest BCUT2D eigenvalue weighted by Gasteiger charge is -2.32. The van der Waals surface area contributed by atoms with Crippen LogP contribution in [-0.2, 0) is 27.1 Å². The summed E-state index contributed by atoms with van der Waals surface area (Å²) in [5.74, 6) is 2.40. The fourth-order valence-corrected chi connectivity index (χ4v) is 11.5. The summed E-state index contributed by atoms with van der Waals surface area (Å²) in [5.41, 5.74) is 17.2. The fraction of sp³-hybridized carbons (Fsp3) is 0.264. The zero-order chi connectivity index (χ0) is 54.2. The van der Waals surface area contributed by atoms with Gasteiger partial charge in [-0.05, 0) is 133 Å². The summed E-state index contributed by atoms with van der Waals surface area (Å²) in [4.78, 5) is 10.1. The fourth-order valence-electron chi connectivity index (χ4n) is 11.5. The van der Waals surface area contributed by atoms with Crippen molar-refractivity contribution in [2.45, 2.75) is 117 Å². The Bertz CT molecular complexity index is 3810. The highest BCUT2D eigenvalue weighted by molar-refractivity contribution is 6.09. The lowest BCUT2D eigenvalue weighted by Crippen LogP contribution is -2.25. The van der Waals surface area contributed by atoms with Crippen molar-refractivity contribution in [1.29, 1.82) is 0 Å². The van der Waals surface area contributed by atoms with Gasteiger partial charge in [0.05, 0.1) is 22.4 Å². The molecule has 0 bridgehead atoms. The predicted octanol–water partition coefficient (Wildman–Crippen LogP) is 19.4. The molecule has 2 aromatic heterocycles. The largest absolute Gasteiger partial charge is 0.457 e. The Labute approximate surface area is 457 Å². The molecule has 0 amide bonds. The first-order valence-electron chi connectivity index (χ1n) is 27.5. The molecule has 0 atom stereocenters. The predicted molar refractivity (Wildman–Crippen MR) is 326 cm³/mol. The van der Waals surface area contributed by atoms with Crippen LogP contribution in [0.25, 0.3) is 38.8 Å². The van der Waals surface area contributed by atoms with E-state index < -0.39 is 0 Å². The Morgan fingerprint density at radius 2 is 0.909 bits per heavy atom. The monoisotopic (exact) mass is 1010 g/mol. The third kappa shape index (κ3) is 9.60. The van der Waals surface area contributed by atoms with Crippen LogP contribution in [0, 0.1) is 0 Å². The molecule has 0 saturated heterocycles. The molecule has 0 saturated carbocycles. The van der Waals surface area contributed by atoms with Crippen LogP contribution < -0.4 is 14.5 Å². The maximum absolute atomic E-state index is 7.27. The van der Waals surface area contributed by atoms with Gasteiger partial charge in [0, 0.05) is 51.3 Å². The maximum atomic E-state index is 7.27. The van der Waals surface area contributed by atoms with Gasteiger partial charge < -0.3 is 14.5 Å². The number of anilines is 4. The topological polar surface area (TPSA) is 33.5 Å². The number of ether oxygens (including phenoxy) is 1. The summed E-state index contributed by atoms with van der Waals surface area (Å²) >= 11 is 0. The zero-order valence-corrected chi connectivity index (χ0v) is 47.5. The molecule has 388 valence electrons. The minimum absolute atomic E-state index is 0.0742. The smallest absolute Gasteiger partial charge is 0.137 e. The van der Waals surface area contributed by atoms with E-state index in [9.17, 15) is 0 Å². The van der Waals surface area contributed by atoms with E-state index in [0.29, 0.717) is 6.67 Å². The lowest BCUT2D eigenvalue weighted by molar-refractivity contribution is 0.480. The van der Waals surface area contributed by atoms with Crippen molar-refractivity contribution < 1.29 is 4.74 Å². The summed E-state index contributed by atoms with van der Waals surface area (Å²) in [5, 5.41) is 2.31. The number of rotatable bonds is 10. The first kappa shape index (κ1) is 51.2. The van der Waals surface area contributed by atoms with E-state index in [0.717, 1.165) is 45.0 Å². The second-order valence-corrected chi connectivity index (χ2v) is 25.5. The quantitative estimate of drug-likeness (QED) is 0.137. The van der Waals surface area contributed by atoms with Crippen molar-refractivity contribution >= 4 is 44.6 Å². The van der Waals surface area contributed by atoms with Crippen LogP contribution in [0.5, 0.6) is 11.5 Å². The molecule has 11 rings (SSSR count). The Hall–Kier alpha value is -7.89. The number of hydrogen-bond acceptors (Lipinski definition) is 4. The van der Waals surface area contributed by atoms with Crippen molar-refractivity contribution in [1.82, 2.24) is 9.55 Å². The molecule has 5 nitrogen and oxygen atoms in total. The van der Waals surface area contributed by atoms with E-state index in [4.69, 9.17) is 9.72 Å². The van der Waals surface area contributed by atoms with Crippen LogP contribution in [0.15, 0.2) is 200 Å². The van der Waals surface area contributed by atoms with Gasteiger partial charge in [-0.25, -0.2) is 4.98 Å². The van der Waals surface area contributed by atoms with Crippen LogP contribution in [0.4, 0.5) is 22.7 Å². The highest BCUT2D eigenvalue weighted by Crippen LogP contribution is 2.52. The minimum atomic E-state index is -0.365. The first-order valence-corrected chi connectivity index (χ1v) is 27.5. The number of benzene rings is 8. The molecular formula is C72H74N4O. The summed E-state index contributed by atoms with van der Waals surface area (Å²) in [6, 6.07) is 71.1. The molecule has 0 aliphatic carbocycles. The second-order valence-electron chi connectivity index (χ2n) is 25.5. The zero-order valence-electron chi connectivity index (χ0n) is 47.5. The molecule has 8 aromatic carbocycles. The van der Waals surface area contributed by atoms with Crippen molar-refractivity contribution in [2.75, 3.05) is 16.5 Å². The van der Waals surface area contributed by atoms with E-state index in [2.05, 4.69) is 298 Å². The average Bonchev–Trinajstić information content (AvgIpc) is 4.09. The normalized spacial score (nSPS) is 13.4. The van der Waals surface area contributed by atoms with Crippen LogP contribution in [0.3, 0.4) is 0 Å². The van der Waals surface area contributed by atoms with Gasteiger partial charge in [0.15, 0.2) is 0 Å². The number of para-hydroxylation sites is 1. The van der Waals surface area contributed by atoms with Gasteiger partial charge in [-0.1, -0.05) is 205 Å².